The van der Waals surface area contributed by atoms with Gasteiger partial charge in [-0.15, -0.1) is 0 Å². The first-order chi connectivity index (χ1) is 2.50. The molecule has 0 aromatic heterocycles. The van der Waals surface area contributed by atoms with Crippen LogP contribution in [0.15, 0.2) is 10.2 Å². The number of rotatable bonds is 0. The molecule has 0 nitrogen and oxygen atoms in total. The number of hydrogen-bond donors (Lipinski definition) is 0. The molecule has 28 valence electrons. The average Bonchev–Trinajstić information content (AvgIpc) is 1.76. The molecule has 0 radical (unpaired) electrons. The summed E-state index contributed by atoms with van der Waals surface area (Å²) in [5, 5.41) is 0. The van der Waals surface area contributed by atoms with Crippen molar-refractivity contribution in [2.24, 2.45) is 0 Å². The van der Waals surface area contributed by atoms with E-state index >= 15 is 0 Å². The van der Waals surface area contributed by atoms with Crippen molar-refractivity contribution in [2.75, 3.05) is 0 Å². The van der Waals surface area contributed by atoms with Gasteiger partial charge in [0.05, 0.1) is 0 Å². The van der Waals surface area contributed by atoms with Gasteiger partial charge in [-0.05, 0) is 0 Å². The number of allylic oxidation sites excluding steroid dienone is 1. The molecule has 0 atom stereocenters. The first-order valence-electron chi connectivity index (χ1n) is 1.77. The summed E-state index contributed by atoms with van der Waals surface area (Å²) in [6.07, 6.45) is 3.67. The predicted molar refractivity (Wildman–Crippen MR) is 24.3 cm³/mol. The molecule has 1 aliphatic rings. The fourth-order valence-corrected chi connectivity index (χ4v) is 2.28. The van der Waals surface area contributed by atoms with Gasteiger partial charge in [0.2, 0.25) is 0 Å². The molecule has 0 aliphatic carbocycles. The molecule has 0 unspecified atom stereocenters. The van der Waals surface area contributed by atoms with Crippen molar-refractivity contribution in [2.45, 2.75) is 10.9 Å². The van der Waals surface area contributed by atoms with Crippen molar-refractivity contribution in [3.05, 3.63) is 10.2 Å². The van der Waals surface area contributed by atoms with Crippen molar-refractivity contribution in [3.8, 4) is 0 Å². The van der Waals surface area contributed by atoms with Crippen LogP contribution in [0.3, 0.4) is 0 Å². The van der Waals surface area contributed by atoms with Gasteiger partial charge >= 0.3 is 42.0 Å². The normalized spacial score (nSPS) is 20.8. The molecule has 0 aromatic carbocycles. The van der Waals surface area contributed by atoms with Crippen LogP contribution in [0.5, 0.6) is 0 Å². The molecule has 1 rings (SSSR count). The average molecular weight is 182 g/mol. The molecule has 0 amide bonds. The quantitative estimate of drug-likeness (QED) is 0.490. The van der Waals surface area contributed by atoms with Crippen molar-refractivity contribution >= 4 is 20.9 Å². The van der Waals surface area contributed by atoms with Gasteiger partial charge in [0.25, 0.3) is 0 Å². The zero-order valence-corrected chi connectivity index (χ0v) is 5.31. The Bertz CT molecular complexity index is 41.6. The standard InChI is InChI=1S/C4H6Te/c1-2-4-5-3-1/h1,3H,2,4H2. The Balaban J connectivity index is 2.32. The van der Waals surface area contributed by atoms with Crippen LogP contribution < -0.4 is 0 Å². The summed E-state index contributed by atoms with van der Waals surface area (Å²) in [6, 6.07) is 0. The molecular formula is C4H6Te. The Morgan fingerprint density at radius 3 is 2.80 bits per heavy atom. The summed E-state index contributed by atoms with van der Waals surface area (Å²) in [5.41, 5.74) is 0. The van der Waals surface area contributed by atoms with Crippen LogP contribution >= 0.6 is 0 Å². The molecule has 0 bridgehead atoms. The SMILES string of the molecule is C1=C[Te]CC1. The minimum atomic E-state index is 0.424. The van der Waals surface area contributed by atoms with Gasteiger partial charge in [0.1, 0.15) is 0 Å². The molecule has 0 spiro atoms. The van der Waals surface area contributed by atoms with Gasteiger partial charge in [-0.1, -0.05) is 0 Å². The van der Waals surface area contributed by atoms with Gasteiger partial charge in [-0.3, -0.25) is 0 Å². The van der Waals surface area contributed by atoms with E-state index in [4.69, 9.17) is 0 Å². The first-order valence-corrected chi connectivity index (χ1v) is 4.76. The van der Waals surface area contributed by atoms with Crippen LogP contribution in [-0.2, 0) is 0 Å². The summed E-state index contributed by atoms with van der Waals surface area (Å²) in [6.45, 7) is 0. The van der Waals surface area contributed by atoms with Crippen LogP contribution in [0, 0.1) is 0 Å². The van der Waals surface area contributed by atoms with E-state index in [0.717, 1.165) is 0 Å². The third-order valence-corrected chi connectivity index (χ3v) is 3.04. The molecule has 0 N–H and O–H groups in total. The van der Waals surface area contributed by atoms with E-state index in [9.17, 15) is 0 Å². The predicted octanol–water partition coefficient (Wildman–Crippen LogP) is 1.03. The van der Waals surface area contributed by atoms with E-state index in [-0.39, 0.29) is 0 Å². The van der Waals surface area contributed by atoms with Crippen LogP contribution in [0.25, 0.3) is 0 Å². The molecule has 1 heterocycles. The van der Waals surface area contributed by atoms with Crippen molar-refractivity contribution in [1.82, 2.24) is 0 Å². The summed E-state index contributed by atoms with van der Waals surface area (Å²) in [5.74, 6) is 0. The molecule has 1 heteroatoms. The summed E-state index contributed by atoms with van der Waals surface area (Å²) >= 11 is 0.424. The second-order valence-electron chi connectivity index (χ2n) is 1.03. The Labute approximate surface area is 42.3 Å². The topological polar surface area (TPSA) is 0 Å². The number of hydrogen-bond acceptors (Lipinski definition) is 0. The summed E-state index contributed by atoms with van der Waals surface area (Å²) < 4.78 is 3.88. The zero-order valence-electron chi connectivity index (χ0n) is 2.98. The zero-order chi connectivity index (χ0) is 3.54. The molecule has 1 aliphatic heterocycles. The van der Waals surface area contributed by atoms with Gasteiger partial charge in [0.15, 0.2) is 0 Å². The summed E-state index contributed by atoms with van der Waals surface area (Å²) in [7, 11) is 0. The fraction of sp³-hybridized carbons (Fsp3) is 0.500. The molecule has 5 heavy (non-hydrogen) atoms. The monoisotopic (exact) mass is 184 g/mol. The van der Waals surface area contributed by atoms with Crippen molar-refractivity contribution in [3.63, 3.8) is 0 Å². The van der Waals surface area contributed by atoms with E-state index in [1.165, 1.54) is 10.9 Å². The van der Waals surface area contributed by atoms with Gasteiger partial charge < -0.3 is 0 Å². The van der Waals surface area contributed by atoms with E-state index in [2.05, 4.69) is 10.2 Å². The van der Waals surface area contributed by atoms with E-state index in [0.29, 0.717) is 20.9 Å². The minimum absolute atomic E-state index is 0.424. The van der Waals surface area contributed by atoms with Gasteiger partial charge in [-0.2, -0.15) is 0 Å². The third kappa shape index (κ3) is 0.948. The van der Waals surface area contributed by atoms with E-state index in [1.54, 1.807) is 0 Å². The van der Waals surface area contributed by atoms with Gasteiger partial charge in [0, 0.05) is 0 Å². The maximum absolute atomic E-state index is 2.37. The molecular weight excluding hydrogens is 176 g/mol. The second kappa shape index (κ2) is 1.85. The van der Waals surface area contributed by atoms with Crippen LogP contribution in [0.1, 0.15) is 6.42 Å². The molecule has 0 fully saturated rings. The molecule has 0 aromatic rings. The van der Waals surface area contributed by atoms with E-state index < -0.39 is 0 Å². The van der Waals surface area contributed by atoms with E-state index in [1.807, 2.05) is 0 Å². The Morgan fingerprint density at radius 2 is 2.60 bits per heavy atom. The van der Waals surface area contributed by atoms with Crippen LogP contribution in [0.4, 0.5) is 0 Å². The molecule has 0 saturated heterocycles. The van der Waals surface area contributed by atoms with Crippen molar-refractivity contribution < 1.29 is 0 Å². The van der Waals surface area contributed by atoms with Crippen LogP contribution in [0.2, 0.25) is 4.47 Å². The second-order valence-corrected chi connectivity index (χ2v) is 3.92. The third-order valence-electron chi connectivity index (χ3n) is 0.595. The van der Waals surface area contributed by atoms with Gasteiger partial charge in [-0.25, -0.2) is 0 Å². The Kier molecular flexibility index (Phi) is 1.37. The van der Waals surface area contributed by atoms with Crippen LogP contribution in [-0.4, -0.2) is 20.9 Å². The fourth-order valence-electron chi connectivity index (χ4n) is 0.340. The Hall–Kier alpha value is 0.530. The Morgan fingerprint density at radius 1 is 1.60 bits per heavy atom. The first kappa shape index (κ1) is 3.71. The summed E-state index contributed by atoms with van der Waals surface area (Å²) in [4.78, 5) is 0. The van der Waals surface area contributed by atoms with Crippen molar-refractivity contribution in [1.29, 1.82) is 0 Å². The molecule has 0 saturated carbocycles. The maximum atomic E-state index is 2.37.